The van der Waals surface area contributed by atoms with E-state index in [1.807, 2.05) is 12.1 Å². The number of halogens is 5. The molecule has 28 heavy (non-hydrogen) atoms. The van der Waals surface area contributed by atoms with Crippen molar-refractivity contribution in [1.29, 1.82) is 0 Å². The van der Waals surface area contributed by atoms with Crippen molar-refractivity contribution in [3.63, 3.8) is 0 Å². The normalized spacial score (nSPS) is 12.2. The highest BCUT2D eigenvalue weighted by Gasteiger charge is 2.32. The molecule has 0 unspecified atom stereocenters. The molecule has 0 atom stereocenters. The zero-order valence-corrected chi connectivity index (χ0v) is 15.6. The van der Waals surface area contributed by atoms with Crippen LogP contribution in [0, 0.1) is 0 Å². The number of carbonyl (C=O) groups is 1. The van der Waals surface area contributed by atoms with E-state index in [0.29, 0.717) is 11.3 Å². The molecule has 4 rings (SSSR count). The zero-order chi connectivity index (χ0) is 20.1. The minimum absolute atomic E-state index is 0.116. The predicted octanol–water partition coefficient (Wildman–Crippen LogP) is 6.08. The Balaban J connectivity index is 1.79. The smallest absolute Gasteiger partial charge is 0.396 e. The van der Waals surface area contributed by atoms with Crippen LogP contribution in [0.3, 0.4) is 0 Å². The Morgan fingerprint density at radius 2 is 1.82 bits per heavy atom. The summed E-state index contributed by atoms with van der Waals surface area (Å²) in [5.74, 6) is -0.702. The monoisotopic (exact) mass is 426 g/mol. The molecule has 4 nitrogen and oxygen atoms in total. The van der Waals surface area contributed by atoms with Gasteiger partial charge in [0, 0.05) is 5.39 Å². The molecule has 2 aromatic heterocycles. The van der Waals surface area contributed by atoms with Gasteiger partial charge in [-0.15, -0.1) is 0 Å². The van der Waals surface area contributed by atoms with E-state index >= 15 is 0 Å². The van der Waals surface area contributed by atoms with Gasteiger partial charge in [0.05, 0.1) is 27.5 Å². The molecule has 0 aliphatic carbocycles. The van der Waals surface area contributed by atoms with Crippen LogP contribution < -0.4 is 0 Å². The number of hydrogen-bond acceptors (Lipinski definition) is 3. The lowest BCUT2D eigenvalue weighted by Crippen LogP contribution is -2.21. The number of imidazole rings is 1. The zero-order valence-electron chi connectivity index (χ0n) is 14.1. The Kier molecular flexibility index (Phi) is 4.59. The molecular weight excluding hydrogens is 416 g/mol. The first-order valence-corrected chi connectivity index (χ1v) is 8.90. The summed E-state index contributed by atoms with van der Waals surface area (Å²) in [6, 6.07) is 11.5. The maximum Gasteiger partial charge on any atom is 0.396 e. The Hall–Kier alpha value is -2.51. The summed E-state index contributed by atoms with van der Waals surface area (Å²) in [6.07, 6.45) is -6.12. The molecule has 4 aromatic rings. The van der Waals surface area contributed by atoms with Crippen LogP contribution in [0.15, 0.2) is 46.9 Å². The summed E-state index contributed by atoms with van der Waals surface area (Å²) in [6.45, 7) is 0. The van der Waals surface area contributed by atoms with Gasteiger partial charge in [-0.1, -0.05) is 41.4 Å². The quantitative estimate of drug-likeness (QED) is 0.398. The van der Waals surface area contributed by atoms with Crippen molar-refractivity contribution in [3.8, 4) is 0 Å². The Morgan fingerprint density at radius 3 is 2.54 bits per heavy atom. The first kappa shape index (κ1) is 18.8. The molecule has 2 heterocycles. The van der Waals surface area contributed by atoms with E-state index in [0.717, 1.165) is 9.95 Å². The van der Waals surface area contributed by atoms with E-state index in [4.69, 9.17) is 27.6 Å². The number of furan rings is 1. The van der Waals surface area contributed by atoms with E-state index in [1.165, 1.54) is 12.1 Å². The van der Waals surface area contributed by atoms with Crippen molar-refractivity contribution in [2.24, 2.45) is 0 Å². The summed E-state index contributed by atoms with van der Waals surface area (Å²) in [4.78, 5) is 16.8. The lowest BCUT2D eigenvalue weighted by Gasteiger charge is -2.09. The van der Waals surface area contributed by atoms with Crippen molar-refractivity contribution >= 4 is 51.1 Å². The number of hydrogen-bond donors (Lipinski definition) is 0. The molecular formula is C19H11Cl2F3N2O2. The van der Waals surface area contributed by atoms with Gasteiger partial charge in [-0.05, 0) is 24.3 Å². The molecule has 0 amide bonds. The Morgan fingerprint density at radius 1 is 1.11 bits per heavy atom. The topological polar surface area (TPSA) is 48.0 Å². The van der Waals surface area contributed by atoms with Crippen molar-refractivity contribution in [2.75, 3.05) is 0 Å². The molecule has 0 N–H and O–H groups in total. The average Bonchev–Trinajstić information content (AvgIpc) is 3.13. The maximum atomic E-state index is 13.0. The minimum Gasteiger partial charge on any atom is -0.461 e. The fourth-order valence-electron chi connectivity index (χ4n) is 3.05. The maximum absolute atomic E-state index is 13.0. The van der Waals surface area contributed by atoms with Crippen LogP contribution in [0.4, 0.5) is 13.2 Å². The van der Waals surface area contributed by atoms with Gasteiger partial charge in [0.15, 0.2) is 0 Å². The minimum atomic E-state index is -4.54. The number of fused-ring (bicyclic) bond motifs is 2. The average molecular weight is 427 g/mol. The van der Waals surface area contributed by atoms with Crippen LogP contribution in [0.5, 0.6) is 0 Å². The molecule has 0 bridgehead atoms. The van der Waals surface area contributed by atoms with Crippen LogP contribution in [0.2, 0.25) is 10.0 Å². The Bertz CT molecular complexity index is 1180. The molecule has 0 aliphatic heterocycles. The van der Waals surface area contributed by atoms with Crippen molar-refractivity contribution in [2.45, 2.75) is 19.0 Å². The second-order valence-corrected chi connectivity index (χ2v) is 7.05. The molecule has 144 valence electrons. The van der Waals surface area contributed by atoms with Gasteiger partial charge in [-0.2, -0.15) is 13.2 Å². The van der Waals surface area contributed by atoms with E-state index in [2.05, 4.69) is 4.98 Å². The van der Waals surface area contributed by atoms with Crippen LogP contribution >= 0.6 is 23.2 Å². The van der Waals surface area contributed by atoms with Crippen molar-refractivity contribution in [1.82, 2.24) is 9.55 Å². The molecule has 0 spiro atoms. The van der Waals surface area contributed by atoms with Crippen molar-refractivity contribution < 1.29 is 22.4 Å². The lowest BCUT2D eigenvalue weighted by molar-refractivity contribution is -0.128. The number of benzene rings is 2. The highest BCUT2D eigenvalue weighted by atomic mass is 35.5. The summed E-state index contributed by atoms with van der Waals surface area (Å²) in [5.41, 5.74) is 0.910. The third-order valence-electron chi connectivity index (χ3n) is 4.18. The van der Waals surface area contributed by atoms with Crippen LogP contribution in [-0.2, 0) is 12.8 Å². The third-order valence-corrected chi connectivity index (χ3v) is 4.90. The number of carbonyl (C=O) groups excluding carboxylic acids is 1. The largest absolute Gasteiger partial charge is 0.461 e. The fraction of sp³-hybridized carbons (Fsp3) is 0.158. The van der Waals surface area contributed by atoms with E-state index in [1.54, 1.807) is 18.2 Å². The van der Waals surface area contributed by atoms with Gasteiger partial charge in [0.2, 0.25) is 5.91 Å². The molecule has 0 aliphatic rings. The van der Waals surface area contributed by atoms with Gasteiger partial charge in [-0.3, -0.25) is 9.36 Å². The highest BCUT2D eigenvalue weighted by Crippen LogP contribution is 2.31. The molecule has 0 saturated heterocycles. The molecule has 0 saturated carbocycles. The number of rotatable bonds is 3. The predicted molar refractivity (Wildman–Crippen MR) is 100 cm³/mol. The highest BCUT2D eigenvalue weighted by molar-refractivity contribution is 6.42. The van der Waals surface area contributed by atoms with Crippen LogP contribution in [-0.4, -0.2) is 21.6 Å². The summed E-state index contributed by atoms with van der Waals surface area (Å²) >= 11 is 11.9. The molecule has 2 aromatic carbocycles. The number of para-hydroxylation sites is 1. The summed E-state index contributed by atoms with van der Waals surface area (Å²) in [5, 5.41) is 1.05. The molecule has 9 heteroatoms. The van der Waals surface area contributed by atoms with Crippen molar-refractivity contribution in [3.05, 3.63) is 64.1 Å². The first-order chi connectivity index (χ1) is 13.2. The van der Waals surface area contributed by atoms with E-state index in [9.17, 15) is 18.0 Å². The summed E-state index contributed by atoms with van der Waals surface area (Å²) in [7, 11) is 0. The standard InChI is InChI=1S/C19H11Cl2F3N2O2/c20-12-7-14-15(8-13(12)21)26(17(25-14)9-19(22,23)24)18(27)6-11-5-10-3-1-2-4-16(10)28-11/h1-5,7-8H,6,9H2. The van der Waals surface area contributed by atoms with E-state index < -0.39 is 24.3 Å². The van der Waals surface area contributed by atoms with Crippen LogP contribution in [0.25, 0.3) is 22.0 Å². The van der Waals surface area contributed by atoms with E-state index in [-0.39, 0.29) is 27.5 Å². The third kappa shape index (κ3) is 3.59. The number of alkyl halides is 3. The van der Waals surface area contributed by atoms with Gasteiger partial charge in [0.1, 0.15) is 23.6 Å². The lowest BCUT2D eigenvalue weighted by atomic mass is 10.2. The molecule has 0 fully saturated rings. The second-order valence-electron chi connectivity index (χ2n) is 6.23. The first-order valence-electron chi connectivity index (χ1n) is 8.15. The fourth-order valence-corrected chi connectivity index (χ4v) is 3.37. The van der Waals surface area contributed by atoms with Gasteiger partial charge in [0.25, 0.3) is 0 Å². The Labute approximate surface area is 166 Å². The van der Waals surface area contributed by atoms with Gasteiger partial charge in [-0.25, -0.2) is 4.98 Å². The SMILES string of the molecule is O=C(Cc1cc2ccccc2o1)n1c(CC(F)(F)F)nc2cc(Cl)c(Cl)cc21. The second kappa shape index (κ2) is 6.83. The number of aromatic nitrogens is 2. The number of nitrogens with zero attached hydrogens (tertiary/aromatic N) is 2. The van der Waals surface area contributed by atoms with Crippen LogP contribution in [0.1, 0.15) is 16.4 Å². The summed E-state index contributed by atoms with van der Waals surface area (Å²) < 4.78 is 45.5. The van der Waals surface area contributed by atoms with Gasteiger partial charge >= 0.3 is 6.18 Å². The van der Waals surface area contributed by atoms with Gasteiger partial charge < -0.3 is 4.42 Å². The molecule has 0 radical (unpaired) electrons.